The Morgan fingerprint density at radius 1 is 1.44 bits per heavy atom. The summed E-state index contributed by atoms with van der Waals surface area (Å²) in [6.07, 6.45) is 5.36. The van der Waals surface area contributed by atoms with Crippen molar-refractivity contribution in [1.29, 1.82) is 5.26 Å². The van der Waals surface area contributed by atoms with Crippen LogP contribution in [0.2, 0.25) is 0 Å². The van der Waals surface area contributed by atoms with Crippen molar-refractivity contribution in [2.45, 2.75) is 70.9 Å². The molecule has 0 heterocycles. The van der Waals surface area contributed by atoms with Gasteiger partial charge in [0.15, 0.2) is 0 Å². The van der Waals surface area contributed by atoms with E-state index in [1.807, 2.05) is 0 Å². The summed E-state index contributed by atoms with van der Waals surface area (Å²) in [5.41, 5.74) is -0.373. The molecule has 1 saturated carbocycles. The zero-order valence-corrected chi connectivity index (χ0v) is 12.4. The van der Waals surface area contributed by atoms with Gasteiger partial charge in [-0.3, -0.25) is 5.32 Å². The fourth-order valence-electron chi connectivity index (χ4n) is 2.74. The molecule has 18 heavy (non-hydrogen) atoms. The van der Waals surface area contributed by atoms with E-state index in [4.69, 9.17) is 4.74 Å². The van der Waals surface area contributed by atoms with E-state index in [2.05, 4.69) is 39.1 Å². The van der Waals surface area contributed by atoms with Crippen LogP contribution in [-0.4, -0.2) is 24.3 Å². The first kappa shape index (κ1) is 15.5. The molecule has 0 amide bonds. The maximum atomic E-state index is 9.52. The first-order valence-electron chi connectivity index (χ1n) is 7.24. The van der Waals surface area contributed by atoms with Crippen LogP contribution in [0.3, 0.4) is 0 Å². The zero-order valence-electron chi connectivity index (χ0n) is 12.4. The largest absolute Gasteiger partial charge is 0.376 e. The molecular formula is C15H28N2O. The lowest BCUT2D eigenvalue weighted by Gasteiger charge is -2.31. The highest BCUT2D eigenvalue weighted by molar-refractivity contribution is 5.14. The summed E-state index contributed by atoms with van der Waals surface area (Å²) >= 11 is 0. The second-order valence-corrected chi connectivity index (χ2v) is 6.35. The van der Waals surface area contributed by atoms with Crippen molar-refractivity contribution in [2.75, 3.05) is 13.2 Å². The highest BCUT2D eigenvalue weighted by Crippen LogP contribution is 2.37. The smallest absolute Gasteiger partial charge is 0.109 e. The number of hydrogen-bond donors (Lipinski definition) is 1. The van der Waals surface area contributed by atoms with E-state index in [9.17, 15) is 5.26 Å². The van der Waals surface area contributed by atoms with E-state index in [0.29, 0.717) is 5.92 Å². The van der Waals surface area contributed by atoms with Gasteiger partial charge in [0.2, 0.25) is 0 Å². The van der Waals surface area contributed by atoms with Crippen LogP contribution in [0.15, 0.2) is 0 Å². The van der Waals surface area contributed by atoms with E-state index < -0.39 is 0 Å². The van der Waals surface area contributed by atoms with E-state index in [1.165, 1.54) is 0 Å². The maximum absolute atomic E-state index is 9.52. The number of hydrogen-bond acceptors (Lipinski definition) is 3. The SMILES string of the molecule is CCCNC1(C#N)CCCC1CCOC(C)(C)C. The molecule has 1 aliphatic rings. The molecule has 0 aromatic carbocycles. The Labute approximate surface area is 112 Å². The standard InChI is InChI=1S/C15H28N2O/c1-5-10-17-15(12-16)9-6-7-13(15)8-11-18-14(2,3)4/h13,17H,5-11H2,1-4H3. The van der Waals surface area contributed by atoms with Crippen molar-refractivity contribution >= 4 is 0 Å². The molecule has 104 valence electrons. The minimum Gasteiger partial charge on any atom is -0.376 e. The molecule has 0 aliphatic heterocycles. The number of rotatable bonds is 6. The predicted molar refractivity (Wildman–Crippen MR) is 74.3 cm³/mol. The molecule has 0 spiro atoms. The van der Waals surface area contributed by atoms with Crippen molar-refractivity contribution in [3.8, 4) is 6.07 Å². The van der Waals surface area contributed by atoms with Gasteiger partial charge in [0.1, 0.15) is 5.54 Å². The third kappa shape index (κ3) is 4.26. The fraction of sp³-hybridized carbons (Fsp3) is 0.933. The molecule has 2 atom stereocenters. The summed E-state index contributed by atoms with van der Waals surface area (Å²) in [6.45, 7) is 10.1. The molecule has 0 saturated heterocycles. The van der Waals surface area contributed by atoms with Crippen molar-refractivity contribution < 1.29 is 4.74 Å². The molecule has 3 nitrogen and oxygen atoms in total. The van der Waals surface area contributed by atoms with Gasteiger partial charge in [0, 0.05) is 6.61 Å². The Kier molecular flexibility index (Phi) is 5.62. The quantitative estimate of drug-likeness (QED) is 0.789. The van der Waals surface area contributed by atoms with Gasteiger partial charge in [0.25, 0.3) is 0 Å². The van der Waals surface area contributed by atoms with Crippen LogP contribution in [0.25, 0.3) is 0 Å². The summed E-state index contributed by atoms with van der Waals surface area (Å²) < 4.78 is 5.80. The van der Waals surface area contributed by atoms with E-state index in [1.54, 1.807) is 0 Å². The summed E-state index contributed by atoms with van der Waals surface area (Å²) in [7, 11) is 0. The van der Waals surface area contributed by atoms with Crippen LogP contribution in [0.4, 0.5) is 0 Å². The normalized spacial score (nSPS) is 28.3. The van der Waals surface area contributed by atoms with Gasteiger partial charge in [-0.1, -0.05) is 13.3 Å². The summed E-state index contributed by atoms with van der Waals surface area (Å²) in [5.74, 6) is 0.441. The fourth-order valence-corrected chi connectivity index (χ4v) is 2.74. The van der Waals surface area contributed by atoms with Gasteiger partial charge in [-0.15, -0.1) is 0 Å². The van der Waals surface area contributed by atoms with Gasteiger partial charge in [0.05, 0.1) is 11.7 Å². The van der Waals surface area contributed by atoms with Crippen molar-refractivity contribution in [2.24, 2.45) is 5.92 Å². The topological polar surface area (TPSA) is 45.0 Å². The average molecular weight is 252 g/mol. The second kappa shape index (κ2) is 6.54. The number of ether oxygens (including phenoxy) is 1. The highest BCUT2D eigenvalue weighted by Gasteiger charge is 2.42. The third-order valence-corrected chi connectivity index (χ3v) is 3.71. The molecular weight excluding hydrogens is 224 g/mol. The molecule has 2 unspecified atom stereocenters. The Morgan fingerprint density at radius 3 is 2.72 bits per heavy atom. The molecule has 1 fully saturated rings. The van der Waals surface area contributed by atoms with Gasteiger partial charge < -0.3 is 4.74 Å². The van der Waals surface area contributed by atoms with Crippen LogP contribution < -0.4 is 5.32 Å². The Morgan fingerprint density at radius 2 is 2.17 bits per heavy atom. The van der Waals surface area contributed by atoms with Crippen LogP contribution in [0, 0.1) is 17.2 Å². The Hall–Kier alpha value is -0.590. The number of nitrogens with one attached hydrogen (secondary N) is 1. The molecule has 0 aromatic heterocycles. The first-order chi connectivity index (χ1) is 8.43. The highest BCUT2D eigenvalue weighted by atomic mass is 16.5. The number of nitrogens with zero attached hydrogens (tertiary/aromatic N) is 1. The molecule has 3 heteroatoms. The van der Waals surface area contributed by atoms with E-state index >= 15 is 0 Å². The lowest BCUT2D eigenvalue weighted by atomic mass is 9.86. The summed E-state index contributed by atoms with van der Waals surface area (Å²) in [6, 6.07) is 2.54. The second-order valence-electron chi connectivity index (χ2n) is 6.35. The summed E-state index contributed by atoms with van der Waals surface area (Å²) in [4.78, 5) is 0. The number of nitriles is 1. The summed E-state index contributed by atoms with van der Waals surface area (Å²) in [5, 5.41) is 13.0. The van der Waals surface area contributed by atoms with Crippen molar-refractivity contribution in [3.63, 3.8) is 0 Å². The van der Waals surface area contributed by atoms with E-state index in [0.717, 1.165) is 45.3 Å². The maximum Gasteiger partial charge on any atom is 0.109 e. The molecule has 0 aromatic rings. The van der Waals surface area contributed by atoms with Crippen LogP contribution in [0.5, 0.6) is 0 Å². The van der Waals surface area contributed by atoms with Crippen LogP contribution >= 0.6 is 0 Å². The predicted octanol–water partition coefficient (Wildman–Crippen LogP) is 3.25. The van der Waals surface area contributed by atoms with Crippen molar-refractivity contribution in [1.82, 2.24) is 5.32 Å². The Bertz CT molecular complexity index is 290. The zero-order chi connectivity index (χ0) is 13.6. The Balaban J connectivity index is 2.50. The lowest BCUT2D eigenvalue weighted by molar-refractivity contribution is -0.0116. The van der Waals surface area contributed by atoms with Gasteiger partial charge in [-0.05, 0) is 58.9 Å². The molecule has 1 N–H and O–H groups in total. The molecule has 0 bridgehead atoms. The van der Waals surface area contributed by atoms with Gasteiger partial charge >= 0.3 is 0 Å². The monoisotopic (exact) mass is 252 g/mol. The minimum atomic E-state index is -0.294. The van der Waals surface area contributed by atoms with Crippen molar-refractivity contribution in [3.05, 3.63) is 0 Å². The molecule has 0 radical (unpaired) electrons. The lowest BCUT2D eigenvalue weighted by Crippen LogP contribution is -2.47. The van der Waals surface area contributed by atoms with E-state index in [-0.39, 0.29) is 11.1 Å². The average Bonchev–Trinajstić information content (AvgIpc) is 2.69. The van der Waals surface area contributed by atoms with Gasteiger partial charge in [-0.25, -0.2) is 0 Å². The first-order valence-corrected chi connectivity index (χ1v) is 7.24. The van der Waals surface area contributed by atoms with Crippen LogP contribution in [-0.2, 0) is 4.74 Å². The molecule has 1 aliphatic carbocycles. The minimum absolute atomic E-state index is 0.0786. The van der Waals surface area contributed by atoms with Crippen LogP contribution in [0.1, 0.15) is 59.8 Å². The molecule has 1 rings (SSSR count). The van der Waals surface area contributed by atoms with Gasteiger partial charge in [-0.2, -0.15) is 5.26 Å². The third-order valence-electron chi connectivity index (χ3n) is 3.71.